The number of hydrogen-bond acceptors (Lipinski definition) is 6. The van der Waals surface area contributed by atoms with Crippen molar-refractivity contribution in [2.75, 3.05) is 11.9 Å². The number of halogens is 4. The van der Waals surface area contributed by atoms with Crippen LogP contribution >= 0.6 is 11.3 Å². The highest BCUT2D eigenvalue weighted by Crippen LogP contribution is 2.32. The predicted molar refractivity (Wildman–Crippen MR) is 116 cm³/mol. The third kappa shape index (κ3) is 4.87. The Morgan fingerprint density at radius 1 is 1.00 bits per heavy atom. The van der Waals surface area contributed by atoms with E-state index >= 15 is 0 Å². The molecule has 0 saturated heterocycles. The Balaban J connectivity index is 1.40. The topological polar surface area (TPSA) is 84.1 Å². The number of aliphatic hydroxyl groups is 1. The molecule has 4 rings (SSSR count). The molecule has 4 N–H and O–H groups in total. The second-order valence-corrected chi connectivity index (χ2v) is 8.24. The number of nitrogens with one attached hydrogen (secondary N) is 1. The van der Waals surface area contributed by atoms with Crippen molar-refractivity contribution in [3.8, 4) is 10.4 Å². The van der Waals surface area contributed by atoms with Gasteiger partial charge in [-0.15, -0.1) is 0 Å². The zero-order valence-electron chi connectivity index (χ0n) is 16.5. The van der Waals surface area contributed by atoms with Gasteiger partial charge in [0.25, 0.3) is 0 Å². The lowest BCUT2D eigenvalue weighted by Crippen LogP contribution is -2.35. The largest absolute Gasteiger partial charge is 0.416 e. The van der Waals surface area contributed by atoms with Crippen molar-refractivity contribution in [1.29, 1.82) is 0 Å². The van der Waals surface area contributed by atoms with Crippen molar-refractivity contribution in [1.82, 2.24) is 9.97 Å². The van der Waals surface area contributed by atoms with E-state index in [0.717, 1.165) is 33.3 Å². The van der Waals surface area contributed by atoms with Crippen LogP contribution in [0.4, 0.5) is 22.7 Å². The Morgan fingerprint density at radius 3 is 2.47 bits per heavy atom. The number of hydrogen-bond donors (Lipinski definition) is 3. The van der Waals surface area contributed by atoms with Gasteiger partial charge < -0.3 is 16.2 Å². The molecule has 2 aromatic heterocycles. The van der Waals surface area contributed by atoms with Crippen LogP contribution in [0.1, 0.15) is 17.2 Å². The minimum Gasteiger partial charge on any atom is -0.387 e. The molecule has 2 aromatic carbocycles. The molecule has 0 amide bonds. The molecule has 0 bridgehead atoms. The van der Waals surface area contributed by atoms with Crippen molar-refractivity contribution in [3.05, 3.63) is 78.0 Å². The first-order valence-corrected chi connectivity index (χ1v) is 10.4. The van der Waals surface area contributed by atoms with Gasteiger partial charge in [0.2, 0.25) is 5.95 Å². The minimum atomic E-state index is -4.44. The van der Waals surface area contributed by atoms with Gasteiger partial charge in [0.15, 0.2) is 5.13 Å². The summed E-state index contributed by atoms with van der Waals surface area (Å²) in [7, 11) is 0. The lowest BCUT2D eigenvalue weighted by atomic mass is 10.0. The van der Waals surface area contributed by atoms with Crippen molar-refractivity contribution in [2.24, 2.45) is 5.73 Å². The number of benzene rings is 2. The molecular formula is C22H18F4N4OS. The van der Waals surface area contributed by atoms with Gasteiger partial charge in [-0.25, -0.2) is 9.97 Å². The summed E-state index contributed by atoms with van der Waals surface area (Å²) in [6.45, 7) is 0.156. The number of alkyl halides is 3. The number of fused-ring (bicyclic) bond motifs is 1. The number of aliphatic hydroxyl groups excluding tert-OH is 1. The fraction of sp³-hybridized carbons (Fsp3) is 0.182. The first-order valence-electron chi connectivity index (χ1n) is 9.57. The van der Waals surface area contributed by atoms with Crippen LogP contribution in [0.5, 0.6) is 0 Å². The zero-order valence-corrected chi connectivity index (χ0v) is 17.3. The third-order valence-corrected chi connectivity index (χ3v) is 5.96. The Morgan fingerprint density at radius 2 is 1.75 bits per heavy atom. The number of thiazole rings is 1. The van der Waals surface area contributed by atoms with E-state index in [1.54, 1.807) is 6.20 Å². The summed E-state index contributed by atoms with van der Waals surface area (Å²) in [4.78, 5) is 8.78. The number of aromatic nitrogens is 2. The van der Waals surface area contributed by atoms with E-state index in [0.29, 0.717) is 10.7 Å². The van der Waals surface area contributed by atoms with Crippen LogP contribution in [0, 0.1) is 5.95 Å². The van der Waals surface area contributed by atoms with Gasteiger partial charge >= 0.3 is 6.18 Å². The van der Waals surface area contributed by atoms with E-state index < -0.39 is 29.8 Å². The van der Waals surface area contributed by atoms with Crippen molar-refractivity contribution in [2.45, 2.75) is 18.3 Å². The van der Waals surface area contributed by atoms with E-state index in [2.05, 4.69) is 15.3 Å². The molecule has 32 heavy (non-hydrogen) atoms. The fourth-order valence-corrected chi connectivity index (χ4v) is 4.01. The molecule has 0 saturated carbocycles. The van der Waals surface area contributed by atoms with E-state index in [1.807, 2.05) is 18.2 Å². The number of anilines is 1. The maximum absolute atomic E-state index is 13.4. The molecule has 5 nitrogen and oxygen atoms in total. The molecule has 0 aliphatic rings. The minimum absolute atomic E-state index is 0.156. The maximum atomic E-state index is 13.4. The summed E-state index contributed by atoms with van der Waals surface area (Å²) in [5, 5.41) is 15.5. The monoisotopic (exact) mass is 462 g/mol. The van der Waals surface area contributed by atoms with E-state index in [-0.39, 0.29) is 6.54 Å². The van der Waals surface area contributed by atoms with Crippen LogP contribution in [0.25, 0.3) is 21.2 Å². The lowest BCUT2D eigenvalue weighted by molar-refractivity contribution is -0.137. The van der Waals surface area contributed by atoms with Crippen molar-refractivity contribution < 1.29 is 22.7 Å². The molecule has 0 spiro atoms. The summed E-state index contributed by atoms with van der Waals surface area (Å²) >= 11 is 1.36. The Hall–Kier alpha value is -3.08. The molecule has 2 unspecified atom stereocenters. The van der Waals surface area contributed by atoms with Gasteiger partial charge in [-0.05, 0) is 34.7 Å². The van der Waals surface area contributed by atoms with Gasteiger partial charge in [0.1, 0.15) is 0 Å². The molecule has 0 aliphatic carbocycles. The molecule has 0 fully saturated rings. The van der Waals surface area contributed by atoms with E-state index in [4.69, 9.17) is 5.73 Å². The van der Waals surface area contributed by atoms with E-state index in [1.165, 1.54) is 35.7 Å². The van der Waals surface area contributed by atoms with Gasteiger partial charge in [-0.3, -0.25) is 0 Å². The zero-order chi connectivity index (χ0) is 22.9. The Bertz CT molecular complexity index is 1230. The van der Waals surface area contributed by atoms with Crippen LogP contribution in [0.2, 0.25) is 0 Å². The van der Waals surface area contributed by atoms with E-state index in [9.17, 15) is 22.7 Å². The third-order valence-electron chi connectivity index (χ3n) is 4.95. The van der Waals surface area contributed by atoms with Gasteiger partial charge in [-0.1, -0.05) is 35.6 Å². The predicted octanol–water partition coefficient (Wildman–Crippen LogP) is 4.99. The molecule has 0 aliphatic heterocycles. The Labute approximate surface area is 184 Å². The fourth-order valence-electron chi connectivity index (χ4n) is 3.19. The van der Waals surface area contributed by atoms with Crippen LogP contribution in [-0.4, -0.2) is 27.7 Å². The van der Waals surface area contributed by atoms with Gasteiger partial charge in [0.05, 0.1) is 22.6 Å². The smallest absolute Gasteiger partial charge is 0.387 e. The quantitative estimate of drug-likeness (QED) is 0.278. The first kappa shape index (κ1) is 22.1. The van der Waals surface area contributed by atoms with Crippen LogP contribution in [-0.2, 0) is 6.18 Å². The second kappa shape index (κ2) is 8.81. The number of nitrogens with zero attached hydrogens (tertiary/aromatic N) is 2. The summed E-state index contributed by atoms with van der Waals surface area (Å²) in [6, 6.07) is 10.4. The molecule has 2 heterocycles. The van der Waals surface area contributed by atoms with Crippen LogP contribution in [0.3, 0.4) is 0 Å². The number of nitrogens with two attached hydrogens (primary N) is 1. The molecule has 4 aromatic rings. The molecular weight excluding hydrogens is 444 g/mol. The van der Waals surface area contributed by atoms with Crippen molar-refractivity contribution >= 4 is 27.2 Å². The highest BCUT2D eigenvalue weighted by atomic mass is 32.1. The van der Waals surface area contributed by atoms with Crippen LogP contribution < -0.4 is 11.1 Å². The summed E-state index contributed by atoms with van der Waals surface area (Å²) in [6.07, 6.45) is -2.44. The highest BCUT2D eigenvalue weighted by molar-refractivity contribution is 7.18. The average molecular weight is 462 g/mol. The lowest BCUT2D eigenvalue weighted by Gasteiger charge is -2.20. The number of rotatable bonds is 6. The van der Waals surface area contributed by atoms with Gasteiger partial charge in [0, 0.05) is 30.4 Å². The van der Waals surface area contributed by atoms with Crippen LogP contribution in [0.15, 0.2) is 60.9 Å². The summed E-state index contributed by atoms with van der Waals surface area (Å²) in [5.74, 6) is -0.554. The van der Waals surface area contributed by atoms with Crippen molar-refractivity contribution in [3.63, 3.8) is 0 Å². The van der Waals surface area contributed by atoms with Gasteiger partial charge in [-0.2, -0.15) is 17.6 Å². The molecule has 10 heteroatoms. The average Bonchev–Trinajstić information content (AvgIpc) is 3.25. The summed E-state index contributed by atoms with van der Waals surface area (Å²) < 4.78 is 51.5. The molecule has 166 valence electrons. The number of pyridine rings is 1. The molecule has 2 atom stereocenters. The first-order chi connectivity index (χ1) is 15.2. The SMILES string of the molecule is NC(CNc1ncc(-c2ccc3cnc(F)cc3c2)s1)C(O)c1ccc(C(F)(F)F)cc1. The Kier molecular flexibility index (Phi) is 6.09. The second-order valence-electron chi connectivity index (χ2n) is 7.21. The maximum Gasteiger partial charge on any atom is 0.416 e. The highest BCUT2D eigenvalue weighted by Gasteiger charge is 2.30. The normalized spacial score (nSPS) is 13.8. The standard InChI is InChI=1S/C22H18F4N4OS/c23-19-8-15-7-13(1-2-14(15)9-28-19)18-11-30-21(32-18)29-10-17(27)20(31)12-3-5-16(6-4-12)22(24,25)26/h1-9,11,17,20,31H,10,27H2,(H,29,30). The summed E-state index contributed by atoms with van der Waals surface area (Å²) in [5.41, 5.74) is 6.39. The molecule has 0 radical (unpaired) electrons.